The summed E-state index contributed by atoms with van der Waals surface area (Å²) in [5.41, 5.74) is 3.16. The van der Waals surface area contributed by atoms with Crippen molar-refractivity contribution < 1.29 is 9.59 Å². The highest BCUT2D eigenvalue weighted by atomic mass is 16.2. The maximum atomic E-state index is 12.7. The number of hydrogen-bond acceptors (Lipinski definition) is 4. The third kappa shape index (κ3) is 4.19. The van der Waals surface area contributed by atoms with Crippen molar-refractivity contribution in [3.05, 3.63) is 103 Å². The summed E-state index contributed by atoms with van der Waals surface area (Å²) in [5, 5.41) is 10.9. The van der Waals surface area contributed by atoms with E-state index in [1.807, 2.05) is 60.7 Å². The van der Waals surface area contributed by atoms with Crippen LogP contribution in [0.15, 0.2) is 85.0 Å². The lowest BCUT2D eigenvalue weighted by Crippen LogP contribution is -2.26. The maximum Gasteiger partial charge on any atom is 0.255 e. The molecule has 6 nitrogen and oxygen atoms in total. The Balaban J connectivity index is 1.20. The van der Waals surface area contributed by atoms with Crippen LogP contribution in [0.2, 0.25) is 0 Å². The van der Waals surface area contributed by atoms with E-state index >= 15 is 0 Å². The minimum absolute atomic E-state index is 0.0283. The molecule has 2 unspecified atom stereocenters. The van der Waals surface area contributed by atoms with Crippen molar-refractivity contribution in [2.75, 3.05) is 5.32 Å². The molecule has 3 N–H and O–H groups in total. The Kier molecular flexibility index (Phi) is 4.96. The predicted molar refractivity (Wildman–Crippen MR) is 120 cm³/mol. The zero-order chi connectivity index (χ0) is 21.2. The molecule has 1 fully saturated rings. The van der Waals surface area contributed by atoms with Crippen LogP contribution in [0.5, 0.6) is 0 Å². The van der Waals surface area contributed by atoms with Gasteiger partial charge in [-0.2, -0.15) is 0 Å². The molecule has 0 spiro atoms. The molecule has 2 heterocycles. The molecule has 2 aromatic carbocycles. The van der Waals surface area contributed by atoms with Crippen LogP contribution in [0, 0.1) is 12.5 Å². The second kappa shape index (κ2) is 8.07. The van der Waals surface area contributed by atoms with Crippen LogP contribution in [0.3, 0.4) is 0 Å². The van der Waals surface area contributed by atoms with Crippen LogP contribution in [0.4, 0.5) is 5.69 Å². The van der Waals surface area contributed by atoms with Crippen molar-refractivity contribution in [3.8, 4) is 0 Å². The van der Waals surface area contributed by atoms with Crippen LogP contribution < -0.4 is 16.0 Å². The number of pyridine rings is 1. The first kappa shape index (κ1) is 19.1. The number of amides is 2. The summed E-state index contributed by atoms with van der Waals surface area (Å²) in [5.74, 6) is 0.00135. The molecule has 3 aromatic rings. The van der Waals surface area contributed by atoms with Crippen molar-refractivity contribution in [2.24, 2.45) is 5.92 Å². The third-order valence-electron chi connectivity index (χ3n) is 5.60. The van der Waals surface area contributed by atoms with Crippen LogP contribution in [0.1, 0.15) is 28.3 Å². The summed E-state index contributed by atoms with van der Waals surface area (Å²) in [4.78, 5) is 29.2. The van der Waals surface area contributed by atoms with Gasteiger partial charge in [0.15, 0.2) is 0 Å². The van der Waals surface area contributed by atoms with E-state index in [2.05, 4.69) is 20.9 Å². The summed E-state index contributed by atoms with van der Waals surface area (Å²) < 4.78 is 0. The fourth-order valence-corrected chi connectivity index (χ4v) is 3.81. The lowest BCUT2D eigenvalue weighted by Gasteiger charge is -2.12. The fourth-order valence-electron chi connectivity index (χ4n) is 3.81. The molecule has 0 bridgehead atoms. The molecule has 1 aliphatic carbocycles. The van der Waals surface area contributed by atoms with Crippen molar-refractivity contribution in [1.29, 1.82) is 0 Å². The average molecular weight is 409 g/mol. The molecule has 1 saturated carbocycles. The Hall–Kier alpha value is -3.93. The third-order valence-corrected chi connectivity index (χ3v) is 5.60. The van der Waals surface area contributed by atoms with E-state index in [1.165, 1.54) is 0 Å². The Morgan fingerprint density at radius 2 is 1.87 bits per heavy atom. The number of carbonyl (C=O) groups is 2. The topological polar surface area (TPSA) is 83.1 Å². The normalized spacial score (nSPS) is 19.3. The first-order valence-electron chi connectivity index (χ1n) is 10.2. The molecule has 31 heavy (non-hydrogen) atoms. The molecular formula is C25H21N4O2. The zero-order valence-electron chi connectivity index (χ0n) is 16.7. The summed E-state index contributed by atoms with van der Waals surface area (Å²) in [6.45, 7) is 1.73. The van der Waals surface area contributed by atoms with Gasteiger partial charge in [-0.1, -0.05) is 18.2 Å². The SMILES string of the molecule is O=C(NC1=CC=CN[CH]1)c1ccc(C2CC2C(=O)Nc2ccc3cnccc3c2)cc1. The Morgan fingerprint density at radius 1 is 1.00 bits per heavy atom. The van der Waals surface area contributed by atoms with E-state index < -0.39 is 0 Å². The van der Waals surface area contributed by atoms with Gasteiger partial charge in [0.05, 0.1) is 6.54 Å². The van der Waals surface area contributed by atoms with Gasteiger partial charge in [-0.3, -0.25) is 14.6 Å². The van der Waals surface area contributed by atoms with Crippen molar-refractivity contribution in [3.63, 3.8) is 0 Å². The quantitative estimate of drug-likeness (QED) is 0.597. The molecule has 153 valence electrons. The minimum Gasteiger partial charge on any atom is -0.380 e. The monoisotopic (exact) mass is 409 g/mol. The van der Waals surface area contributed by atoms with Gasteiger partial charge in [0.25, 0.3) is 5.91 Å². The molecule has 5 rings (SSSR count). The van der Waals surface area contributed by atoms with Gasteiger partial charge >= 0.3 is 0 Å². The van der Waals surface area contributed by atoms with Gasteiger partial charge in [-0.25, -0.2) is 0 Å². The van der Waals surface area contributed by atoms with E-state index in [0.717, 1.165) is 28.4 Å². The number of anilines is 1. The lowest BCUT2D eigenvalue weighted by atomic mass is 10.1. The van der Waals surface area contributed by atoms with E-state index in [-0.39, 0.29) is 23.7 Å². The molecule has 1 aromatic heterocycles. The van der Waals surface area contributed by atoms with E-state index in [1.54, 1.807) is 25.1 Å². The van der Waals surface area contributed by atoms with Crippen LogP contribution in [-0.4, -0.2) is 16.8 Å². The smallest absolute Gasteiger partial charge is 0.255 e. The number of rotatable bonds is 5. The van der Waals surface area contributed by atoms with Crippen LogP contribution in [-0.2, 0) is 4.79 Å². The first-order valence-corrected chi connectivity index (χ1v) is 10.2. The van der Waals surface area contributed by atoms with E-state index in [4.69, 9.17) is 0 Å². The second-order valence-electron chi connectivity index (χ2n) is 7.74. The van der Waals surface area contributed by atoms with Gasteiger partial charge < -0.3 is 16.0 Å². The van der Waals surface area contributed by atoms with E-state index in [9.17, 15) is 9.59 Å². The average Bonchev–Trinajstić information content (AvgIpc) is 3.61. The molecule has 6 heteroatoms. The summed E-state index contributed by atoms with van der Waals surface area (Å²) in [7, 11) is 0. The number of carbonyl (C=O) groups excluding carboxylic acids is 2. The highest BCUT2D eigenvalue weighted by Gasteiger charge is 2.43. The number of aromatic nitrogens is 1. The van der Waals surface area contributed by atoms with Crippen molar-refractivity contribution >= 4 is 28.3 Å². The minimum atomic E-state index is -0.164. The largest absolute Gasteiger partial charge is 0.380 e. The zero-order valence-corrected chi connectivity index (χ0v) is 16.7. The van der Waals surface area contributed by atoms with Gasteiger partial charge in [-0.05, 0) is 72.0 Å². The second-order valence-corrected chi connectivity index (χ2v) is 7.74. The molecule has 2 atom stereocenters. The first-order chi connectivity index (χ1) is 15.2. The van der Waals surface area contributed by atoms with Gasteiger partial charge in [0.1, 0.15) is 0 Å². The summed E-state index contributed by atoms with van der Waals surface area (Å²) in [6.07, 6.45) is 9.79. The number of allylic oxidation sites excluding steroid dienone is 2. The van der Waals surface area contributed by atoms with E-state index in [0.29, 0.717) is 11.3 Å². The lowest BCUT2D eigenvalue weighted by molar-refractivity contribution is -0.117. The Labute approximate surface area is 180 Å². The maximum absolute atomic E-state index is 12.7. The predicted octanol–water partition coefficient (Wildman–Crippen LogP) is 3.87. The highest BCUT2D eigenvalue weighted by molar-refractivity contribution is 5.98. The number of nitrogens with zero attached hydrogens (tertiary/aromatic N) is 1. The van der Waals surface area contributed by atoms with Gasteiger partial charge in [0.2, 0.25) is 5.91 Å². The standard InChI is InChI=1S/C25H21N4O2/c30-24(29-21-2-1-10-26-15-21)17-5-3-16(4-6-17)22-13-23(22)25(31)28-20-8-7-19-14-27-11-9-18(19)12-20/h1-12,14-15,22-23,26H,13H2,(H,28,31)(H,29,30). The molecule has 2 amide bonds. The number of fused-ring (bicyclic) bond motifs is 1. The molecule has 1 aliphatic heterocycles. The van der Waals surface area contributed by atoms with Crippen LogP contribution >= 0.6 is 0 Å². The molecule has 2 aliphatic rings. The fraction of sp³-hybridized carbons (Fsp3) is 0.120. The Bertz CT molecular complexity index is 1210. The van der Waals surface area contributed by atoms with Crippen molar-refractivity contribution in [2.45, 2.75) is 12.3 Å². The highest BCUT2D eigenvalue weighted by Crippen LogP contribution is 2.48. The summed E-state index contributed by atoms with van der Waals surface area (Å²) >= 11 is 0. The number of hydrogen-bond donors (Lipinski definition) is 3. The van der Waals surface area contributed by atoms with Gasteiger partial charge in [0, 0.05) is 40.6 Å². The molecule has 1 radical (unpaired) electrons. The molecule has 0 saturated heterocycles. The van der Waals surface area contributed by atoms with Crippen molar-refractivity contribution in [1.82, 2.24) is 15.6 Å². The van der Waals surface area contributed by atoms with Crippen LogP contribution in [0.25, 0.3) is 10.8 Å². The Morgan fingerprint density at radius 3 is 2.68 bits per heavy atom. The van der Waals surface area contributed by atoms with Gasteiger partial charge in [-0.15, -0.1) is 0 Å². The number of dihydropyridines is 1. The number of benzene rings is 2. The molecular weight excluding hydrogens is 388 g/mol. The number of nitrogens with one attached hydrogen (secondary N) is 3. The summed E-state index contributed by atoms with van der Waals surface area (Å²) in [6, 6.07) is 15.2.